The van der Waals surface area contributed by atoms with Crippen LogP contribution in [-0.4, -0.2) is 19.3 Å². The van der Waals surface area contributed by atoms with Crippen LogP contribution in [-0.2, 0) is 0 Å². The van der Waals surface area contributed by atoms with Crippen molar-refractivity contribution in [2.24, 2.45) is 5.92 Å². The minimum atomic E-state index is 0.442. The van der Waals surface area contributed by atoms with Crippen molar-refractivity contribution in [2.45, 2.75) is 32.2 Å². The molecule has 0 bridgehead atoms. The van der Waals surface area contributed by atoms with Gasteiger partial charge in [-0.2, -0.15) is 0 Å². The highest BCUT2D eigenvalue weighted by molar-refractivity contribution is 6.33. The Morgan fingerprint density at radius 1 is 1.28 bits per heavy atom. The number of hydrogen-bond donors (Lipinski definition) is 1. The Kier molecular flexibility index (Phi) is 3.25. The molecule has 18 heavy (non-hydrogen) atoms. The molecular weight excluding hydrogens is 250 g/mol. The predicted octanol–water partition coefficient (Wildman–Crippen LogP) is 3.71. The topological polar surface area (TPSA) is 30.5 Å². The van der Waals surface area contributed by atoms with Crippen LogP contribution in [0.25, 0.3) is 0 Å². The third-order valence-corrected chi connectivity index (χ3v) is 3.73. The van der Waals surface area contributed by atoms with Gasteiger partial charge in [0.1, 0.15) is 13.2 Å². The monoisotopic (exact) mass is 267 g/mol. The Labute approximate surface area is 112 Å². The Morgan fingerprint density at radius 3 is 2.61 bits per heavy atom. The fourth-order valence-corrected chi connectivity index (χ4v) is 2.56. The van der Waals surface area contributed by atoms with Gasteiger partial charge in [0.15, 0.2) is 11.5 Å². The summed E-state index contributed by atoms with van der Waals surface area (Å²) < 4.78 is 11.1. The fourth-order valence-electron chi connectivity index (χ4n) is 2.35. The van der Waals surface area contributed by atoms with Crippen LogP contribution >= 0.6 is 11.6 Å². The number of nitrogens with one attached hydrogen (secondary N) is 1. The van der Waals surface area contributed by atoms with Crippen molar-refractivity contribution < 1.29 is 9.47 Å². The first-order valence-electron chi connectivity index (χ1n) is 6.58. The number of hydrogen-bond acceptors (Lipinski definition) is 3. The normalized spacial score (nSPS) is 19.4. The summed E-state index contributed by atoms with van der Waals surface area (Å²) in [5, 5.41) is 4.16. The number of halogens is 1. The van der Waals surface area contributed by atoms with Crippen molar-refractivity contribution in [3.8, 4) is 11.5 Å². The van der Waals surface area contributed by atoms with Crippen LogP contribution in [0.5, 0.6) is 11.5 Å². The van der Waals surface area contributed by atoms with E-state index in [0.29, 0.717) is 24.3 Å². The zero-order valence-electron chi connectivity index (χ0n) is 10.5. The summed E-state index contributed by atoms with van der Waals surface area (Å²) >= 11 is 6.26. The largest absolute Gasteiger partial charge is 0.486 e. The molecule has 0 saturated heterocycles. The summed E-state index contributed by atoms with van der Waals surface area (Å²) in [5.41, 5.74) is 0.939. The highest BCUT2D eigenvalue weighted by atomic mass is 35.5. The highest BCUT2D eigenvalue weighted by Gasteiger charge is 2.24. The van der Waals surface area contributed by atoms with Crippen LogP contribution in [0.15, 0.2) is 12.1 Å². The lowest BCUT2D eigenvalue weighted by atomic mass is 10.1. The summed E-state index contributed by atoms with van der Waals surface area (Å²) in [7, 11) is 0. The first-order chi connectivity index (χ1) is 8.72. The second-order valence-electron chi connectivity index (χ2n) is 5.20. The quantitative estimate of drug-likeness (QED) is 0.902. The molecule has 1 fully saturated rings. The van der Waals surface area contributed by atoms with Gasteiger partial charge in [-0.3, -0.25) is 0 Å². The third-order valence-electron chi connectivity index (χ3n) is 3.42. The van der Waals surface area contributed by atoms with E-state index >= 15 is 0 Å². The summed E-state index contributed by atoms with van der Waals surface area (Å²) in [6, 6.07) is 4.22. The van der Waals surface area contributed by atoms with Crippen LogP contribution in [0, 0.1) is 5.92 Å². The Hall–Kier alpha value is -1.09. The Morgan fingerprint density at radius 2 is 1.94 bits per heavy atom. The van der Waals surface area contributed by atoms with Gasteiger partial charge in [0.2, 0.25) is 0 Å². The minimum Gasteiger partial charge on any atom is -0.486 e. The minimum absolute atomic E-state index is 0.442. The molecular formula is C14H18ClNO2. The van der Waals surface area contributed by atoms with E-state index in [2.05, 4.69) is 12.2 Å². The van der Waals surface area contributed by atoms with E-state index in [1.54, 1.807) is 0 Å². The molecule has 98 valence electrons. The molecule has 3 rings (SSSR count). The van der Waals surface area contributed by atoms with E-state index in [1.807, 2.05) is 12.1 Å². The Bertz CT molecular complexity index is 446. The second kappa shape index (κ2) is 4.88. The summed E-state index contributed by atoms with van der Waals surface area (Å²) in [6.07, 6.45) is 3.96. The van der Waals surface area contributed by atoms with E-state index in [-0.39, 0.29) is 0 Å². The van der Waals surface area contributed by atoms with Crippen molar-refractivity contribution in [2.75, 3.05) is 18.5 Å². The lowest BCUT2D eigenvalue weighted by molar-refractivity contribution is 0.171. The van der Waals surface area contributed by atoms with E-state index < -0.39 is 0 Å². The average Bonchev–Trinajstić information content (AvgIpc) is 3.14. The molecule has 1 aromatic carbocycles. The first-order valence-corrected chi connectivity index (χ1v) is 6.96. The van der Waals surface area contributed by atoms with E-state index in [1.165, 1.54) is 19.3 Å². The second-order valence-corrected chi connectivity index (χ2v) is 5.61. The van der Waals surface area contributed by atoms with Crippen molar-refractivity contribution in [1.29, 1.82) is 0 Å². The number of anilines is 1. The molecule has 1 aromatic rings. The van der Waals surface area contributed by atoms with Crippen LogP contribution in [0.1, 0.15) is 26.2 Å². The Balaban J connectivity index is 1.73. The lowest BCUT2D eigenvalue weighted by Crippen LogP contribution is -2.18. The highest BCUT2D eigenvalue weighted by Crippen LogP contribution is 2.39. The van der Waals surface area contributed by atoms with Gasteiger partial charge >= 0.3 is 0 Å². The van der Waals surface area contributed by atoms with Gasteiger partial charge in [0, 0.05) is 18.2 Å². The molecule has 0 aromatic heterocycles. The van der Waals surface area contributed by atoms with Crippen LogP contribution in [0.3, 0.4) is 0 Å². The standard InChI is InChI=1S/C14H18ClNO2/c1-9(6-10-2-3-10)16-12-8-14-13(7-11(12)15)17-4-5-18-14/h7-10,16H,2-6H2,1H3. The average molecular weight is 268 g/mol. The summed E-state index contributed by atoms with van der Waals surface area (Å²) in [4.78, 5) is 0. The fraction of sp³-hybridized carbons (Fsp3) is 0.571. The molecule has 3 nitrogen and oxygen atoms in total. The van der Waals surface area contributed by atoms with E-state index in [0.717, 1.165) is 23.1 Å². The predicted molar refractivity (Wildman–Crippen MR) is 72.9 cm³/mol. The van der Waals surface area contributed by atoms with Gasteiger partial charge in [0.25, 0.3) is 0 Å². The summed E-state index contributed by atoms with van der Waals surface area (Å²) in [6.45, 7) is 3.39. The van der Waals surface area contributed by atoms with Crippen LogP contribution < -0.4 is 14.8 Å². The van der Waals surface area contributed by atoms with Gasteiger partial charge in [-0.15, -0.1) is 0 Å². The lowest BCUT2D eigenvalue weighted by Gasteiger charge is -2.22. The van der Waals surface area contributed by atoms with Crippen molar-refractivity contribution >= 4 is 17.3 Å². The molecule has 0 radical (unpaired) electrons. The SMILES string of the molecule is CC(CC1CC1)Nc1cc2c(cc1Cl)OCCO2. The molecule has 0 spiro atoms. The number of rotatable bonds is 4. The van der Waals surface area contributed by atoms with Gasteiger partial charge in [0.05, 0.1) is 10.7 Å². The van der Waals surface area contributed by atoms with Crippen LogP contribution in [0.2, 0.25) is 5.02 Å². The zero-order chi connectivity index (χ0) is 12.5. The van der Waals surface area contributed by atoms with E-state index in [4.69, 9.17) is 21.1 Å². The maximum absolute atomic E-state index is 6.26. The molecule has 4 heteroatoms. The number of fused-ring (bicyclic) bond motifs is 1. The van der Waals surface area contributed by atoms with Crippen molar-refractivity contribution in [3.63, 3.8) is 0 Å². The third kappa shape index (κ3) is 2.66. The maximum Gasteiger partial charge on any atom is 0.163 e. The van der Waals surface area contributed by atoms with Crippen molar-refractivity contribution in [1.82, 2.24) is 0 Å². The molecule has 1 unspecified atom stereocenters. The first kappa shape index (κ1) is 12.0. The molecule has 0 amide bonds. The maximum atomic E-state index is 6.26. The zero-order valence-corrected chi connectivity index (χ0v) is 11.3. The number of ether oxygens (including phenoxy) is 2. The molecule has 1 aliphatic carbocycles. The molecule has 1 heterocycles. The molecule has 1 saturated carbocycles. The number of benzene rings is 1. The smallest absolute Gasteiger partial charge is 0.163 e. The molecule has 1 N–H and O–H groups in total. The van der Waals surface area contributed by atoms with Crippen LogP contribution in [0.4, 0.5) is 5.69 Å². The van der Waals surface area contributed by atoms with Gasteiger partial charge in [-0.05, 0) is 19.3 Å². The van der Waals surface area contributed by atoms with Crippen molar-refractivity contribution in [3.05, 3.63) is 17.2 Å². The van der Waals surface area contributed by atoms with Gasteiger partial charge in [-0.25, -0.2) is 0 Å². The summed E-state index contributed by atoms with van der Waals surface area (Å²) in [5.74, 6) is 2.43. The van der Waals surface area contributed by atoms with Gasteiger partial charge < -0.3 is 14.8 Å². The molecule has 1 atom stereocenters. The van der Waals surface area contributed by atoms with Gasteiger partial charge in [-0.1, -0.05) is 24.4 Å². The molecule has 1 aliphatic heterocycles. The van der Waals surface area contributed by atoms with E-state index in [9.17, 15) is 0 Å². The molecule has 2 aliphatic rings.